The van der Waals surface area contributed by atoms with E-state index in [1.54, 1.807) is 11.3 Å². The molecule has 0 amide bonds. The maximum Gasteiger partial charge on any atom is 0.0868 e. The first-order valence-electron chi connectivity index (χ1n) is 4.46. The lowest BCUT2D eigenvalue weighted by atomic mass is 10.00. The molecule has 2 N–H and O–H groups in total. The van der Waals surface area contributed by atoms with Gasteiger partial charge in [0.2, 0.25) is 0 Å². The van der Waals surface area contributed by atoms with Crippen molar-refractivity contribution < 1.29 is 0 Å². The molecule has 0 unspecified atom stereocenters. The molecule has 2 aromatic rings. The number of fused-ring (bicyclic) bond motifs is 1. The molecule has 68 valence electrons. The third-order valence-electron chi connectivity index (χ3n) is 2.24. The Morgan fingerprint density at radius 2 is 2.08 bits per heavy atom. The maximum atomic E-state index is 5.78. The van der Waals surface area contributed by atoms with Crippen LogP contribution in [0.15, 0.2) is 24.3 Å². The molecule has 0 aliphatic rings. The Morgan fingerprint density at radius 1 is 1.31 bits per heavy atom. The van der Waals surface area contributed by atoms with Crippen molar-refractivity contribution in [2.24, 2.45) is 0 Å². The van der Waals surface area contributed by atoms with Crippen LogP contribution >= 0.6 is 11.3 Å². The fraction of sp³-hybridized carbons (Fsp3) is 0.273. The molecule has 1 nitrogen and oxygen atoms in total. The van der Waals surface area contributed by atoms with Gasteiger partial charge < -0.3 is 5.73 Å². The molecule has 0 bridgehead atoms. The van der Waals surface area contributed by atoms with Gasteiger partial charge in [-0.2, -0.15) is 0 Å². The summed E-state index contributed by atoms with van der Waals surface area (Å²) in [5.74, 6) is 0.567. The van der Waals surface area contributed by atoms with Gasteiger partial charge in [-0.25, -0.2) is 0 Å². The van der Waals surface area contributed by atoms with Crippen molar-refractivity contribution >= 4 is 26.4 Å². The first kappa shape index (κ1) is 8.57. The average Bonchev–Trinajstić information content (AvgIpc) is 2.43. The number of hydrogen-bond donors (Lipinski definition) is 1. The number of nitrogen functional groups attached to an aromatic ring is 1. The lowest BCUT2D eigenvalue weighted by Gasteiger charge is -2.05. The van der Waals surface area contributed by atoms with Gasteiger partial charge in [0.05, 0.1) is 5.00 Å². The minimum absolute atomic E-state index is 0.567. The number of nitrogens with two attached hydrogens (primary N) is 1. The molecule has 0 aliphatic carbocycles. The minimum atomic E-state index is 0.567. The van der Waals surface area contributed by atoms with Gasteiger partial charge in [-0.3, -0.25) is 0 Å². The van der Waals surface area contributed by atoms with Gasteiger partial charge in [-0.15, -0.1) is 11.3 Å². The van der Waals surface area contributed by atoms with Gasteiger partial charge >= 0.3 is 0 Å². The molecular formula is C11H13NS. The summed E-state index contributed by atoms with van der Waals surface area (Å²) in [4.78, 5) is 0. The smallest absolute Gasteiger partial charge is 0.0868 e. The Balaban J connectivity index is 2.75. The molecule has 13 heavy (non-hydrogen) atoms. The van der Waals surface area contributed by atoms with Crippen LogP contribution in [0.5, 0.6) is 0 Å². The molecule has 0 spiro atoms. The lowest BCUT2D eigenvalue weighted by Crippen LogP contribution is -1.86. The van der Waals surface area contributed by atoms with Gasteiger partial charge in [0, 0.05) is 4.70 Å². The van der Waals surface area contributed by atoms with Crippen LogP contribution in [-0.4, -0.2) is 0 Å². The summed E-state index contributed by atoms with van der Waals surface area (Å²) in [6.45, 7) is 4.42. The fourth-order valence-corrected chi connectivity index (χ4v) is 2.47. The van der Waals surface area contributed by atoms with Crippen LogP contribution in [0.25, 0.3) is 10.1 Å². The summed E-state index contributed by atoms with van der Waals surface area (Å²) in [6, 6.07) is 8.49. The number of thiophene rings is 1. The van der Waals surface area contributed by atoms with E-state index in [1.807, 2.05) is 0 Å². The summed E-state index contributed by atoms with van der Waals surface area (Å²) < 4.78 is 1.30. The SMILES string of the molecule is CC(C)c1cccc2sc(N)cc12. The molecule has 2 heteroatoms. The zero-order valence-corrected chi connectivity index (χ0v) is 8.69. The zero-order valence-electron chi connectivity index (χ0n) is 7.87. The maximum absolute atomic E-state index is 5.78. The Bertz CT molecular complexity index is 429. The Kier molecular flexibility index (Phi) is 2.00. The van der Waals surface area contributed by atoms with Crippen LogP contribution in [0.3, 0.4) is 0 Å². The summed E-state index contributed by atoms with van der Waals surface area (Å²) in [6.07, 6.45) is 0. The average molecular weight is 191 g/mol. The van der Waals surface area contributed by atoms with E-state index in [0.29, 0.717) is 5.92 Å². The lowest BCUT2D eigenvalue weighted by molar-refractivity contribution is 0.877. The van der Waals surface area contributed by atoms with E-state index in [2.05, 4.69) is 38.1 Å². The zero-order chi connectivity index (χ0) is 9.42. The third kappa shape index (κ3) is 1.42. The summed E-state index contributed by atoms with van der Waals surface area (Å²) in [7, 11) is 0. The first-order valence-corrected chi connectivity index (χ1v) is 5.28. The quantitative estimate of drug-likeness (QED) is 0.732. The molecule has 1 heterocycles. The molecule has 1 aromatic heterocycles. The highest BCUT2D eigenvalue weighted by molar-refractivity contribution is 7.22. The van der Waals surface area contributed by atoms with E-state index in [0.717, 1.165) is 5.00 Å². The van der Waals surface area contributed by atoms with Gasteiger partial charge in [0.15, 0.2) is 0 Å². The largest absolute Gasteiger partial charge is 0.391 e. The predicted octanol–water partition coefficient (Wildman–Crippen LogP) is 3.61. The molecule has 1 aromatic carbocycles. The molecule has 2 rings (SSSR count). The Morgan fingerprint density at radius 3 is 2.77 bits per heavy atom. The van der Waals surface area contributed by atoms with E-state index in [-0.39, 0.29) is 0 Å². The van der Waals surface area contributed by atoms with Crippen molar-refractivity contribution in [1.29, 1.82) is 0 Å². The Labute approximate surface area is 82.2 Å². The van der Waals surface area contributed by atoms with Crippen molar-refractivity contribution in [3.05, 3.63) is 29.8 Å². The van der Waals surface area contributed by atoms with Crippen molar-refractivity contribution in [2.75, 3.05) is 5.73 Å². The van der Waals surface area contributed by atoms with Crippen molar-refractivity contribution in [2.45, 2.75) is 19.8 Å². The van der Waals surface area contributed by atoms with E-state index in [9.17, 15) is 0 Å². The molecule has 0 fully saturated rings. The van der Waals surface area contributed by atoms with Crippen LogP contribution in [0.2, 0.25) is 0 Å². The van der Waals surface area contributed by atoms with Crippen molar-refractivity contribution in [3.8, 4) is 0 Å². The van der Waals surface area contributed by atoms with Crippen LogP contribution in [0, 0.1) is 0 Å². The molecule has 0 saturated heterocycles. The van der Waals surface area contributed by atoms with E-state index < -0.39 is 0 Å². The number of benzene rings is 1. The van der Waals surface area contributed by atoms with Crippen molar-refractivity contribution in [1.82, 2.24) is 0 Å². The third-order valence-corrected chi connectivity index (χ3v) is 3.17. The van der Waals surface area contributed by atoms with Crippen LogP contribution in [0.1, 0.15) is 25.3 Å². The first-order chi connectivity index (χ1) is 6.18. The van der Waals surface area contributed by atoms with Gasteiger partial charge in [-0.05, 0) is 29.0 Å². The van der Waals surface area contributed by atoms with E-state index >= 15 is 0 Å². The minimum Gasteiger partial charge on any atom is -0.391 e. The van der Waals surface area contributed by atoms with Gasteiger partial charge in [0.1, 0.15) is 0 Å². The van der Waals surface area contributed by atoms with Gasteiger partial charge in [-0.1, -0.05) is 26.0 Å². The topological polar surface area (TPSA) is 26.0 Å². The second-order valence-electron chi connectivity index (χ2n) is 3.56. The van der Waals surface area contributed by atoms with Gasteiger partial charge in [0.25, 0.3) is 0 Å². The number of hydrogen-bond acceptors (Lipinski definition) is 2. The number of rotatable bonds is 1. The highest BCUT2D eigenvalue weighted by atomic mass is 32.1. The summed E-state index contributed by atoms with van der Waals surface area (Å²) in [5.41, 5.74) is 7.17. The highest BCUT2D eigenvalue weighted by Crippen LogP contribution is 2.32. The van der Waals surface area contributed by atoms with Crippen LogP contribution in [-0.2, 0) is 0 Å². The molecule has 0 atom stereocenters. The predicted molar refractivity (Wildman–Crippen MR) is 60.3 cm³/mol. The van der Waals surface area contributed by atoms with Crippen LogP contribution < -0.4 is 5.73 Å². The fourth-order valence-electron chi connectivity index (χ4n) is 1.61. The molecule has 0 saturated carbocycles. The normalized spacial score (nSPS) is 11.3. The van der Waals surface area contributed by atoms with E-state index in [1.165, 1.54) is 15.6 Å². The second-order valence-corrected chi connectivity index (χ2v) is 4.68. The highest BCUT2D eigenvalue weighted by Gasteiger charge is 2.06. The summed E-state index contributed by atoms with van der Waals surface area (Å²) >= 11 is 1.66. The number of anilines is 1. The standard InChI is InChI=1S/C11H13NS/c1-7(2)8-4-3-5-10-9(8)6-11(12)13-10/h3-7H,12H2,1-2H3. The second kappa shape index (κ2) is 3.04. The molecular weight excluding hydrogens is 178 g/mol. The van der Waals surface area contributed by atoms with Crippen molar-refractivity contribution in [3.63, 3.8) is 0 Å². The monoisotopic (exact) mass is 191 g/mol. The van der Waals surface area contributed by atoms with Crippen LogP contribution in [0.4, 0.5) is 5.00 Å². The Hall–Kier alpha value is -1.02. The molecule has 0 radical (unpaired) electrons. The molecule has 0 aliphatic heterocycles. The summed E-state index contributed by atoms with van der Waals surface area (Å²) in [5, 5.41) is 2.23. The van der Waals surface area contributed by atoms with E-state index in [4.69, 9.17) is 5.73 Å².